The molecule has 1 aromatic carbocycles. The molecular weight excluding hydrogens is 958 g/mol. The van der Waals surface area contributed by atoms with Crippen molar-refractivity contribution in [3.8, 4) is 0 Å². The molecule has 6 aliphatic carbocycles. The summed E-state index contributed by atoms with van der Waals surface area (Å²) in [6.45, 7) is 4.58. The van der Waals surface area contributed by atoms with Crippen LogP contribution in [-0.4, -0.2) is 0 Å². The van der Waals surface area contributed by atoms with Gasteiger partial charge in [0, 0.05) is 0 Å². The van der Waals surface area contributed by atoms with E-state index in [-0.39, 0.29) is 111 Å². The minimum atomic E-state index is 0. The predicted molar refractivity (Wildman–Crippen MR) is 235 cm³/mol. The summed E-state index contributed by atoms with van der Waals surface area (Å²) in [5.74, 6) is 8.49. The summed E-state index contributed by atoms with van der Waals surface area (Å²) in [5, 5.41) is 0. The van der Waals surface area contributed by atoms with E-state index in [0.29, 0.717) is 0 Å². The van der Waals surface area contributed by atoms with Crippen LogP contribution in [0.1, 0.15) is 179 Å². The van der Waals surface area contributed by atoms with Gasteiger partial charge in [-0.2, -0.15) is 0 Å². The van der Waals surface area contributed by atoms with Crippen molar-refractivity contribution in [3.63, 3.8) is 0 Å². The third-order valence-corrected chi connectivity index (χ3v) is 13.3. The number of rotatable bonds is 8. The third kappa shape index (κ3) is 20.4. The second-order valence-electron chi connectivity index (χ2n) is 16.2. The van der Waals surface area contributed by atoms with E-state index in [2.05, 4.69) is 38.1 Å². The standard InChI is InChI=1S/C26H38.2C8H16.8CH3.2Hf/c1-3-10-25-21(8-1)12-14-23(25)17-19-6-5-7-20(16-19)18-24-15-13-22-9-2-4-11-26(22)24;2*1-2-5-8-6-3-4-7-8;;;;;;;;;;/h5-7,16,21-26H,1-4,8-15,17-18H2;2*8H,2-7H2,1H3;8*1H3;;/q;;;8*-1;2*+4. The van der Waals surface area contributed by atoms with E-state index >= 15 is 0 Å². The Morgan fingerprint density at radius 2 is 0.750 bits per heavy atom. The zero-order chi connectivity index (χ0) is 29.0. The topological polar surface area (TPSA) is 0 Å². The summed E-state index contributed by atoms with van der Waals surface area (Å²) in [6, 6.07) is 9.83. The van der Waals surface area contributed by atoms with Crippen LogP contribution in [-0.2, 0) is 64.5 Å². The van der Waals surface area contributed by atoms with Gasteiger partial charge in [-0.15, -0.1) is 0 Å². The van der Waals surface area contributed by atoms with Gasteiger partial charge in [0.1, 0.15) is 0 Å². The van der Waals surface area contributed by atoms with Crippen LogP contribution >= 0.6 is 0 Å². The summed E-state index contributed by atoms with van der Waals surface area (Å²) < 4.78 is 0. The van der Waals surface area contributed by atoms with Gasteiger partial charge in [-0.25, -0.2) is 0 Å². The molecule has 0 amide bonds. The van der Waals surface area contributed by atoms with Crippen molar-refractivity contribution >= 4 is 0 Å². The first kappa shape index (κ1) is 64.8. The molecule has 6 atom stereocenters. The fourth-order valence-electron chi connectivity index (χ4n) is 11.1. The molecule has 6 aliphatic rings. The van der Waals surface area contributed by atoms with Gasteiger partial charge in [0.05, 0.1) is 0 Å². The van der Waals surface area contributed by atoms with Gasteiger partial charge in [0.2, 0.25) is 0 Å². The molecular formula is C50H94Hf2. The molecule has 0 spiro atoms. The van der Waals surface area contributed by atoms with E-state index in [0.717, 1.165) is 47.3 Å². The summed E-state index contributed by atoms with van der Waals surface area (Å²) in [6.07, 6.45) is 38.8. The number of benzene rings is 1. The van der Waals surface area contributed by atoms with Crippen LogP contribution in [0.15, 0.2) is 24.3 Å². The van der Waals surface area contributed by atoms with Crippen molar-refractivity contribution < 1.29 is 51.7 Å². The normalized spacial score (nSPS) is 26.6. The summed E-state index contributed by atoms with van der Waals surface area (Å²) in [5.41, 5.74) is 3.30. The molecule has 0 nitrogen and oxygen atoms in total. The number of fused-ring (bicyclic) bond motifs is 2. The van der Waals surface area contributed by atoms with E-state index in [9.17, 15) is 0 Å². The van der Waals surface area contributed by atoms with E-state index < -0.39 is 0 Å². The summed E-state index contributed by atoms with van der Waals surface area (Å²) >= 11 is 0. The van der Waals surface area contributed by atoms with E-state index in [1.807, 2.05) is 0 Å². The maximum atomic E-state index is 2.60. The van der Waals surface area contributed by atoms with Gasteiger partial charge in [-0.1, -0.05) is 154 Å². The molecule has 6 saturated carbocycles. The van der Waals surface area contributed by atoms with Crippen LogP contribution in [0.4, 0.5) is 0 Å². The smallest absolute Gasteiger partial charge is 0.358 e. The van der Waals surface area contributed by atoms with Crippen molar-refractivity contribution in [2.45, 2.75) is 181 Å². The molecule has 302 valence electrons. The molecule has 0 radical (unpaired) electrons. The van der Waals surface area contributed by atoms with Gasteiger partial charge in [-0.05, 0) is 110 Å². The Morgan fingerprint density at radius 3 is 1.10 bits per heavy atom. The fraction of sp³-hybridized carbons (Fsp3) is 0.720. The van der Waals surface area contributed by atoms with Gasteiger partial charge in [-0.3, -0.25) is 0 Å². The minimum absolute atomic E-state index is 0. The predicted octanol–water partition coefficient (Wildman–Crippen LogP) is 16.8. The Morgan fingerprint density at radius 1 is 0.423 bits per heavy atom. The van der Waals surface area contributed by atoms with Gasteiger partial charge < -0.3 is 59.4 Å². The average molecular weight is 1050 g/mol. The zero-order valence-corrected chi connectivity index (χ0v) is 44.5. The number of hydrogen-bond donors (Lipinski definition) is 0. The van der Waals surface area contributed by atoms with Crippen LogP contribution in [0.2, 0.25) is 0 Å². The third-order valence-electron chi connectivity index (χ3n) is 13.3. The van der Waals surface area contributed by atoms with Gasteiger partial charge in [0.25, 0.3) is 0 Å². The largest absolute Gasteiger partial charge is 4.00 e. The minimum Gasteiger partial charge on any atom is -0.358 e. The first-order valence-electron chi connectivity index (χ1n) is 19.8. The average Bonchev–Trinajstić information content (AvgIpc) is 3.84. The van der Waals surface area contributed by atoms with Crippen LogP contribution < -0.4 is 0 Å². The number of hydrogen-bond acceptors (Lipinski definition) is 0. The molecule has 0 aliphatic heterocycles. The molecule has 0 N–H and O–H groups in total. The van der Waals surface area contributed by atoms with Crippen molar-refractivity contribution in [2.75, 3.05) is 0 Å². The van der Waals surface area contributed by atoms with E-state index in [1.54, 1.807) is 11.1 Å². The maximum Gasteiger partial charge on any atom is 4.00 e. The summed E-state index contributed by atoms with van der Waals surface area (Å²) in [4.78, 5) is 0. The molecule has 7 rings (SSSR count). The Hall–Kier alpha value is 0.960. The van der Waals surface area contributed by atoms with Gasteiger partial charge in [0.15, 0.2) is 0 Å². The quantitative estimate of drug-likeness (QED) is 0.180. The van der Waals surface area contributed by atoms with Crippen LogP contribution in [0.5, 0.6) is 0 Å². The molecule has 0 aromatic heterocycles. The van der Waals surface area contributed by atoms with Gasteiger partial charge >= 0.3 is 51.7 Å². The van der Waals surface area contributed by atoms with Crippen molar-refractivity contribution in [1.29, 1.82) is 0 Å². The SMILES string of the molecule is CCCC1CCCC1.CCCC1CCCC1.[CH3-].[CH3-].[CH3-].[CH3-].[CH3-].[CH3-].[CH3-].[CH3-].[Hf+4].[Hf+4].c1cc(CC2CCC3CCCCC32)cc(CC2CCC3CCCCC32)c1. The first-order valence-corrected chi connectivity index (χ1v) is 19.8. The zero-order valence-electron chi connectivity index (χ0n) is 37.3. The van der Waals surface area contributed by atoms with Crippen LogP contribution in [0.3, 0.4) is 0 Å². The Labute approximate surface area is 371 Å². The molecule has 0 heterocycles. The second kappa shape index (κ2) is 36.3. The molecule has 6 fully saturated rings. The fourth-order valence-corrected chi connectivity index (χ4v) is 11.1. The first-order chi connectivity index (χ1) is 20.7. The Kier molecular flexibility index (Phi) is 45.3. The van der Waals surface area contributed by atoms with Crippen LogP contribution in [0.25, 0.3) is 0 Å². The molecule has 1 aromatic rings. The van der Waals surface area contributed by atoms with Crippen molar-refractivity contribution in [1.82, 2.24) is 0 Å². The van der Waals surface area contributed by atoms with E-state index in [1.165, 1.54) is 167 Å². The Balaban J connectivity index is -0.000000175. The molecule has 0 bridgehead atoms. The molecule has 52 heavy (non-hydrogen) atoms. The Bertz CT molecular complexity index is 802. The molecule has 2 heteroatoms. The van der Waals surface area contributed by atoms with E-state index in [4.69, 9.17) is 0 Å². The van der Waals surface area contributed by atoms with Crippen LogP contribution in [0, 0.1) is 107 Å². The van der Waals surface area contributed by atoms with Crippen molar-refractivity contribution in [2.24, 2.45) is 47.3 Å². The maximum absolute atomic E-state index is 2.60. The molecule has 6 unspecified atom stereocenters. The van der Waals surface area contributed by atoms with Crippen molar-refractivity contribution in [3.05, 3.63) is 94.8 Å². The monoisotopic (exact) mass is 1050 g/mol. The summed E-state index contributed by atoms with van der Waals surface area (Å²) in [7, 11) is 0. The second-order valence-corrected chi connectivity index (χ2v) is 16.2. The molecule has 0 saturated heterocycles.